The lowest BCUT2D eigenvalue weighted by atomic mass is 10.1. The maximum Gasteiger partial charge on any atom is 0.325 e. The summed E-state index contributed by atoms with van der Waals surface area (Å²) in [6, 6.07) is 23.7. The molecule has 0 fully saturated rings. The topological polar surface area (TPSA) is 119 Å². The second-order valence-corrected chi connectivity index (χ2v) is 7.58. The lowest BCUT2D eigenvalue weighted by molar-refractivity contribution is -0.134. The minimum Gasteiger partial charge on any atom is -0.424 e. The molecule has 9 heteroatoms. The van der Waals surface area contributed by atoms with Crippen molar-refractivity contribution in [2.24, 2.45) is 5.73 Å². The fourth-order valence-electron chi connectivity index (χ4n) is 3.26. The van der Waals surface area contributed by atoms with Gasteiger partial charge in [-0.3, -0.25) is 10.1 Å². The van der Waals surface area contributed by atoms with E-state index in [1.165, 1.54) is 24.3 Å². The van der Waals surface area contributed by atoms with Crippen LogP contribution in [0, 0.1) is 5.82 Å². The number of nitrogens with one attached hydrogen (secondary N) is 2. The highest BCUT2D eigenvalue weighted by Gasteiger charge is 2.16. The van der Waals surface area contributed by atoms with Gasteiger partial charge in [-0.25, -0.2) is 9.18 Å². The third kappa shape index (κ3) is 6.46. The largest absolute Gasteiger partial charge is 0.424 e. The Hall–Kier alpha value is -4.63. The summed E-state index contributed by atoms with van der Waals surface area (Å²) in [5, 5.41) is 13.4. The first-order valence-corrected chi connectivity index (χ1v) is 10.8. The Morgan fingerprint density at radius 1 is 0.857 bits per heavy atom. The summed E-state index contributed by atoms with van der Waals surface area (Å²) in [7, 11) is 0. The molecule has 0 aliphatic heterocycles. The van der Waals surface area contributed by atoms with E-state index in [-0.39, 0.29) is 29.5 Å². The molecule has 1 unspecified atom stereocenters. The molecule has 3 aromatic carbocycles. The van der Waals surface area contributed by atoms with Gasteiger partial charge in [0.1, 0.15) is 5.82 Å². The van der Waals surface area contributed by atoms with Crippen LogP contribution in [-0.2, 0) is 4.79 Å². The molecule has 8 nitrogen and oxygen atoms in total. The zero-order valence-electron chi connectivity index (χ0n) is 18.5. The van der Waals surface area contributed by atoms with Crippen LogP contribution in [0.4, 0.5) is 20.7 Å². The minimum absolute atomic E-state index is 0.129. The molecule has 4 N–H and O–H groups in total. The van der Waals surface area contributed by atoms with Crippen LogP contribution in [0.25, 0.3) is 11.3 Å². The third-order valence-corrected chi connectivity index (χ3v) is 5.02. The van der Waals surface area contributed by atoms with Crippen LogP contribution in [0.5, 0.6) is 5.75 Å². The summed E-state index contributed by atoms with van der Waals surface area (Å²) in [4.78, 5) is 24.9. The number of para-hydroxylation sites is 2. The summed E-state index contributed by atoms with van der Waals surface area (Å²) in [5.74, 6) is -0.579. The van der Waals surface area contributed by atoms with E-state index in [1.54, 1.807) is 36.4 Å². The van der Waals surface area contributed by atoms with Gasteiger partial charge in [0.15, 0.2) is 11.6 Å². The first-order valence-electron chi connectivity index (χ1n) is 10.8. The van der Waals surface area contributed by atoms with E-state index >= 15 is 0 Å². The van der Waals surface area contributed by atoms with Crippen molar-refractivity contribution in [2.75, 3.05) is 10.6 Å². The molecule has 0 aliphatic rings. The fourth-order valence-corrected chi connectivity index (χ4v) is 3.26. The SMILES string of the molecule is NC(CC(=O)Oc1ccccc1NC(=O)Nc1ccc(-c2ccccc2)nn1)c1ccc(F)cc1. The monoisotopic (exact) mass is 471 g/mol. The van der Waals surface area contributed by atoms with Gasteiger partial charge in [-0.2, -0.15) is 0 Å². The number of urea groups is 1. The van der Waals surface area contributed by atoms with Crippen LogP contribution in [0.3, 0.4) is 0 Å². The van der Waals surface area contributed by atoms with Crippen molar-refractivity contribution >= 4 is 23.5 Å². The zero-order valence-corrected chi connectivity index (χ0v) is 18.5. The quantitative estimate of drug-likeness (QED) is 0.260. The molecule has 176 valence electrons. The van der Waals surface area contributed by atoms with Gasteiger partial charge < -0.3 is 15.8 Å². The van der Waals surface area contributed by atoms with Crippen molar-refractivity contribution in [1.29, 1.82) is 0 Å². The van der Waals surface area contributed by atoms with Crippen molar-refractivity contribution in [3.63, 3.8) is 0 Å². The van der Waals surface area contributed by atoms with E-state index in [0.717, 1.165) is 5.56 Å². The molecule has 0 saturated carbocycles. The van der Waals surface area contributed by atoms with Gasteiger partial charge in [-0.15, -0.1) is 10.2 Å². The number of halogens is 1. The zero-order chi connectivity index (χ0) is 24.6. The van der Waals surface area contributed by atoms with Crippen molar-refractivity contribution in [2.45, 2.75) is 12.5 Å². The minimum atomic E-state index is -0.663. The van der Waals surface area contributed by atoms with Crippen molar-refractivity contribution in [1.82, 2.24) is 10.2 Å². The second-order valence-electron chi connectivity index (χ2n) is 7.58. The van der Waals surface area contributed by atoms with E-state index in [9.17, 15) is 14.0 Å². The number of nitrogens with zero attached hydrogens (tertiary/aromatic N) is 2. The Morgan fingerprint density at radius 2 is 1.57 bits per heavy atom. The summed E-state index contributed by atoms with van der Waals surface area (Å²) in [6.07, 6.45) is -0.129. The average molecular weight is 471 g/mol. The maximum absolute atomic E-state index is 13.1. The average Bonchev–Trinajstić information content (AvgIpc) is 2.86. The highest BCUT2D eigenvalue weighted by molar-refractivity contribution is 6.00. The Labute approximate surface area is 201 Å². The van der Waals surface area contributed by atoms with Gasteiger partial charge in [-0.1, -0.05) is 54.6 Å². The van der Waals surface area contributed by atoms with Crippen LogP contribution in [0.2, 0.25) is 0 Å². The number of amides is 2. The number of hydrogen-bond acceptors (Lipinski definition) is 6. The van der Waals surface area contributed by atoms with Crippen molar-refractivity contribution in [3.8, 4) is 17.0 Å². The van der Waals surface area contributed by atoms with E-state index in [4.69, 9.17) is 10.5 Å². The number of carbonyl (C=O) groups excluding carboxylic acids is 2. The van der Waals surface area contributed by atoms with Crippen LogP contribution in [0.15, 0.2) is 91.0 Å². The predicted octanol–water partition coefficient (Wildman–Crippen LogP) is 4.92. The molecule has 35 heavy (non-hydrogen) atoms. The molecule has 2 amide bonds. The summed E-state index contributed by atoms with van der Waals surface area (Å²) < 4.78 is 18.5. The van der Waals surface area contributed by atoms with Crippen LogP contribution in [0.1, 0.15) is 18.0 Å². The molecular formula is C26H22FN5O3. The molecule has 0 bridgehead atoms. The lowest BCUT2D eigenvalue weighted by Crippen LogP contribution is -2.22. The number of carbonyl (C=O) groups is 2. The van der Waals surface area contributed by atoms with Gasteiger partial charge in [0.25, 0.3) is 0 Å². The Bertz CT molecular complexity index is 1300. The highest BCUT2D eigenvalue weighted by atomic mass is 19.1. The molecule has 0 saturated heterocycles. The molecule has 4 aromatic rings. The first kappa shape index (κ1) is 23.5. The number of benzene rings is 3. The Balaban J connectivity index is 1.35. The van der Waals surface area contributed by atoms with E-state index < -0.39 is 18.0 Å². The summed E-state index contributed by atoms with van der Waals surface area (Å²) >= 11 is 0. The first-order chi connectivity index (χ1) is 17.0. The standard InChI is InChI=1S/C26H22FN5O3/c27-19-12-10-17(11-13-19)20(28)16-25(33)35-23-9-5-4-8-22(23)29-26(34)30-24-15-14-21(31-32-24)18-6-2-1-3-7-18/h1-15,20H,16,28H2,(H2,29,30,32,34). The number of nitrogens with two attached hydrogens (primary N) is 1. The number of anilines is 2. The van der Waals surface area contributed by atoms with Crippen LogP contribution < -0.4 is 21.1 Å². The molecule has 1 aromatic heterocycles. The lowest BCUT2D eigenvalue weighted by Gasteiger charge is -2.14. The molecule has 1 heterocycles. The number of rotatable bonds is 7. The van der Waals surface area contributed by atoms with Gasteiger partial charge in [0, 0.05) is 11.6 Å². The van der Waals surface area contributed by atoms with Gasteiger partial charge >= 0.3 is 12.0 Å². The maximum atomic E-state index is 13.1. The number of aromatic nitrogens is 2. The summed E-state index contributed by atoms with van der Waals surface area (Å²) in [5.41, 5.74) is 8.50. The number of hydrogen-bond donors (Lipinski definition) is 3. The number of esters is 1. The van der Waals surface area contributed by atoms with Gasteiger partial charge in [-0.05, 0) is 42.0 Å². The summed E-state index contributed by atoms with van der Waals surface area (Å²) in [6.45, 7) is 0. The molecular weight excluding hydrogens is 449 g/mol. The smallest absolute Gasteiger partial charge is 0.325 e. The van der Waals surface area contributed by atoms with Crippen molar-refractivity contribution in [3.05, 3.63) is 102 Å². The van der Waals surface area contributed by atoms with Gasteiger partial charge in [0.05, 0.1) is 17.8 Å². The van der Waals surface area contributed by atoms with Gasteiger partial charge in [0.2, 0.25) is 0 Å². The van der Waals surface area contributed by atoms with E-state index in [1.807, 2.05) is 30.3 Å². The molecule has 1 atom stereocenters. The molecule has 0 aliphatic carbocycles. The predicted molar refractivity (Wildman–Crippen MR) is 130 cm³/mol. The molecule has 4 rings (SSSR count). The normalized spacial score (nSPS) is 11.4. The third-order valence-electron chi connectivity index (χ3n) is 5.02. The van der Waals surface area contributed by atoms with Crippen molar-refractivity contribution < 1.29 is 18.7 Å². The Morgan fingerprint density at radius 3 is 2.29 bits per heavy atom. The molecule has 0 radical (unpaired) electrons. The fraction of sp³-hybridized carbons (Fsp3) is 0.0769. The number of ether oxygens (including phenoxy) is 1. The van der Waals surface area contributed by atoms with E-state index in [0.29, 0.717) is 11.3 Å². The highest BCUT2D eigenvalue weighted by Crippen LogP contribution is 2.25. The Kier molecular flexibility index (Phi) is 7.39. The van der Waals surface area contributed by atoms with E-state index in [2.05, 4.69) is 20.8 Å². The molecule has 0 spiro atoms. The van der Waals surface area contributed by atoms with Crippen LogP contribution >= 0.6 is 0 Å². The second kappa shape index (κ2) is 11.0. The van der Waals surface area contributed by atoms with Crippen LogP contribution in [-0.4, -0.2) is 22.2 Å².